The lowest BCUT2D eigenvalue weighted by molar-refractivity contribution is -0.113. The number of nitrogen functional groups attached to an aromatic ring is 1. The molecular weight excluding hydrogens is 360 g/mol. The van der Waals surface area contributed by atoms with Crippen LogP contribution in [0.3, 0.4) is 0 Å². The monoisotopic (exact) mass is 370 g/mol. The van der Waals surface area contributed by atoms with Crippen LogP contribution in [0, 0.1) is 0 Å². The summed E-state index contributed by atoms with van der Waals surface area (Å²) in [4.78, 5) is 12.9. The van der Waals surface area contributed by atoms with Crippen LogP contribution in [0.1, 0.15) is 0 Å². The summed E-state index contributed by atoms with van der Waals surface area (Å²) in [6, 6.07) is 12.7. The molecular formula is C14H12BrClN2OS. The summed E-state index contributed by atoms with van der Waals surface area (Å²) >= 11 is 10.6. The average Bonchev–Trinajstić information content (AvgIpc) is 2.41. The molecule has 0 atom stereocenters. The van der Waals surface area contributed by atoms with Crippen molar-refractivity contribution in [1.82, 2.24) is 0 Å². The van der Waals surface area contributed by atoms with Gasteiger partial charge in [-0.15, -0.1) is 11.8 Å². The SMILES string of the molecule is Nc1cc(Br)ccc1NC(=O)CSc1ccc(Cl)cc1. The Labute approximate surface area is 135 Å². The molecule has 0 saturated carbocycles. The molecule has 3 nitrogen and oxygen atoms in total. The van der Waals surface area contributed by atoms with Gasteiger partial charge in [-0.05, 0) is 42.5 Å². The van der Waals surface area contributed by atoms with Crippen molar-refractivity contribution in [2.75, 3.05) is 16.8 Å². The quantitative estimate of drug-likeness (QED) is 0.618. The molecule has 0 spiro atoms. The maximum atomic E-state index is 11.9. The minimum absolute atomic E-state index is 0.0982. The third kappa shape index (κ3) is 4.44. The van der Waals surface area contributed by atoms with Crippen LogP contribution in [0.4, 0.5) is 11.4 Å². The average molecular weight is 372 g/mol. The van der Waals surface area contributed by atoms with Crippen molar-refractivity contribution in [2.24, 2.45) is 0 Å². The number of hydrogen-bond donors (Lipinski definition) is 2. The van der Waals surface area contributed by atoms with E-state index in [0.717, 1.165) is 9.37 Å². The highest BCUT2D eigenvalue weighted by Crippen LogP contribution is 2.24. The van der Waals surface area contributed by atoms with Crippen LogP contribution < -0.4 is 11.1 Å². The Bertz CT molecular complexity index is 619. The summed E-state index contributed by atoms with van der Waals surface area (Å²) in [5, 5.41) is 3.47. The number of hydrogen-bond acceptors (Lipinski definition) is 3. The molecule has 6 heteroatoms. The molecule has 0 aliphatic heterocycles. The molecule has 0 fully saturated rings. The minimum atomic E-state index is -0.0982. The number of amides is 1. The Balaban J connectivity index is 1.90. The van der Waals surface area contributed by atoms with Crippen molar-refractivity contribution in [3.8, 4) is 0 Å². The summed E-state index contributed by atoms with van der Waals surface area (Å²) in [5.74, 6) is 0.218. The molecule has 2 aromatic rings. The van der Waals surface area contributed by atoms with Crippen LogP contribution in [-0.2, 0) is 4.79 Å². The van der Waals surface area contributed by atoms with E-state index in [-0.39, 0.29) is 5.91 Å². The molecule has 0 aliphatic rings. The van der Waals surface area contributed by atoms with E-state index in [4.69, 9.17) is 17.3 Å². The number of carbonyl (C=O) groups excluding carboxylic acids is 1. The van der Waals surface area contributed by atoms with Crippen molar-refractivity contribution in [1.29, 1.82) is 0 Å². The van der Waals surface area contributed by atoms with Gasteiger partial charge in [0.1, 0.15) is 0 Å². The first kappa shape index (κ1) is 15.2. The summed E-state index contributed by atoms with van der Waals surface area (Å²) in [5.41, 5.74) is 6.98. The van der Waals surface area contributed by atoms with Gasteiger partial charge in [0.2, 0.25) is 5.91 Å². The highest BCUT2D eigenvalue weighted by molar-refractivity contribution is 9.10. The lowest BCUT2D eigenvalue weighted by Gasteiger charge is -2.08. The molecule has 1 amide bonds. The number of carbonyl (C=O) groups is 1. The fourth-order valence-corrected chi connectivity index (χ4v) is 2.72. The third-order valence-corrected chi connectivity index (χ3v) is 4.23. The Morgan fingerprint density at radius 3 is 2.60 bits per heavy atom. The van der Waals surface area contributed by atoms with Crippen molar-refractivity contribution < 1.29 is 4.79 Å². The molecule has 0 saturated heterocycles. The van der Waals surface area contributed by atoms with Crippen LogP contribution in [0.25, 0.3) is 0 Å². The third-order valence-electron chi connectivity index (χ3n) is 2.47. The number of thioether (sulfide) groups is 1. The second-order valence-electron chi connectivity index (χ2n) is 4.02. The lowest BCUT2D eigenvalue weighted by atomic mass is 10.3. The first-order chi connectivity index (χ1) is 9.54. The van der Waals surface area contributed by atoms with Crippen molar-refractivity contribution in [3.05, 3.63) is 52.0 Å². The molecule has 3 N–H and O–H groups in total. The van der Waals surface area contributed by atoms with Gasteiger partial charge in [0.25, 0.3) is 0 Å². The first-order valence-electron chi connectivity index (χ1n) is 5.78. The molecule has 2 aromatic carbocycles. The Hall–Kier alpha value is -1.17. The fourth-order valence-electron chi connectivity index (χ4n) is 1.51. The molecule has 0 heterocycles. The predicted molar refractivity (Wildman–Crippen MR) is 89.4 cm³/mol. The predicted octanol–water partition coefficient (Wildman–Crippen LogP) is 4.42. The maximum absolute atomic E-state index is 11.9. The zero-order valence-electron chi connectivity index (χ0n) is 10.4. The zero-order chi connectivity index (χ0) is 14.5. The van der Waals surface area contributed by atoms with Gasteiger partial charge >= 0.3 is 0 Å². The smallest absolute Gasteiger partial charge is 0.234 e. The molecule has 104 valence electrons. The molecule has 20 heavy (non-hydrogen) atoms. The van der Waals surface area contributed by atoms with Crippen molar-refractivity contribution in [3.63, 3.8) is 0 Å². The topological polar surface area (TPSA) is 55.1 Å². The number of halogens is 2. The maximum Gasteiger partial charge on any atom is 0.234 e. The van der Waals surface area contributed by atoms with E-state index >= 15 is 0 Å². The van der Waals surface area contributed by atoms with E-state index in [0.29, 0.717) is 22.2 Å². The van der Waals surface area contributed by atoms with E-state index in [2.05, 4.69) is 21.2 Å². The van der Waals surface area contributed by atoms with Gasteiger partial charge in [-0.2, -0.15) is 0 Å². The van der Waals surface area contributed by atoms with Crippen LogP contribution in [0.5, 0.6) is 0 Å². The molecule has 0 aliphatic carbocycles. The summed E-state index contributed by atoms with van der Waals surface area (Å²) in [7, 11) is 0. The lowest BCUT2D eigenvalue weighted by Crippen LogP contribution is -2.15. The van der Waals surface area contributed by atoms with Gasteiger partial charge in [0, 0.05) is 14.4 Å². The van der Waals surface area contributed by atoms with Crippen molar-refractivity contribution >= 4 is 56.6 Å². The summed E-state index contributed by atoms with van der Waals surface area (Å²) in [6.45, 7) is 0. The highest BCUT2D eigenvalue weighted by Gasteiger charge is 2.06. The number of nitrogens with two attached hydrogens (primary N) is 1. The second-order valence-corrected chi connectivity index (χ2v) is 6.42. The van der Waals surface area contributed by atoms with E-state index in [1.165, 1.54) is 11.8 Å². The van der Waals surface area contributed by atoms with Gasteiger partial charge < -0.3 is 11.1 Å². The Morgan fingerprint density at radius 2 is 1.95 bits per heavy atom. The van der Waals surface area contributed by atoms with Gasteiger partial charge in [-0.3, -0.25) is 4.79 Å². The molecule has 0 aromatic heterocycles. The second kappa shape index (κ2) is 7.02. The number of benzene rings is 2. The van der Waals surface area contributed by atoms with Crippen molar-refractivity contribution in [2.45, 2.75) is 4.90 Å². The van der Waals surface area contributed by atoms with Gasteiger partial charge in [0.05, 0.1) is 17.1 Å². The highest BCUT2D eigenvalue weighted by atomic mass is 79.9. The van der Waals surface area contributed by atoms with E-state index in [1.54, 1.807) is 24.3 Å². The Morgan fingerprint density at radius 1 is 1.25 bits per heavy atom. The Kier molecular flexibility index (Phi) is 5.34. The first-order valence-corrected chi connectivity index (χ1v) is 7.93. The van der Waals surface area contributed by atoms with E-state index in [1.807, 2.05) is 18.2 Å². The molecule has 0 radical (unpaired) electrons. The largest absolute Gasteiger partial charge is 0.397 e. The number of anilines is 2. The fraction of sp³-hybridized carbons (Fsp3) is 0.0714. The van der Waals surface area contributed by atoms with Gasteiger partial charge in [-0.25, -0.2) is 0 Å². The number of nitrogens with one attached hydrogen (secondary N) is 1. The van der Waals surface area contributed by atoms with Crippen LogP contribution in [0.15, 0.2) is 51.8 Å². The summed E-state index contributed by atoms with van der Waals surface area (Å²) < 4.78 is 0.878. The minimum Gasteiger partial charge on any atom is -0.397 e. The van der Waals surface area contributed by atoms with E-state index < -0.39 is 0 Å². The normalized spacial score (nSPS) is 10.3. The van der Waals surface area contributed by atoms with Crippen LogP contribution in [-0.4, -0.2) is 11.7 Å². The number of rotatable bonds is 4. The standard InChI is InChI=1S/C14H12BrClN2OS/c15-9-1-6-13(12(17)7-9)18-14(19)8-20-11-4-2-10(16)3-5-11/h1-7H,8,17H2,(H,18,19). The van der Waals surface area contributed by atoms with Gasteiger partial charge in [-0.1, -0.05) is 27.5 Å². The summed E-state index contributed by atoms with van der Waals surface area (Å²) in [6.07, 6.45) is 0. The van der Waals surface area contributed by atoms with Crippen LogP contribution in [0.2, 0.25) is 5.02 Å². The molecule has 0 bridgehead atoms. The van der Waals surface area contributed by atoms with Gasteiger partial charge in [0.15, 0.2) is 0 Å². The molecule has 2 rings (SSSR count). The van der Waals surface area contributed by atoms with Crippen LogP contribution >= 0.6 is 39.3 Å². The molecule has 0 unspecified atom stereocenters. The van der Waals surface area contributed by atoms with E-state index in [9.17, 15) is 4.79 Å². The zero-order valence-corrected chi connectivity index (χ0v) is 13.6.